The maximum absolute atomic E-state index is 12.5. The van der Waals surface area contributed by atoms with Crippen LogP contribution in [0.15, 0.2) is 47.3 Å². The van der Waals surface area contributed by atoms with Gasteiger partial charge in [0.15, 0.2) is 11.7 Å². The fourth-order valence-electron chi connectivity index (χ4n) is 3.25. The van der Waals surface area contributed by atoms with Gasteiger partial charge in [-0.3, -0.25) is 20.0 Å². The molecule has 3 aromatic rings. The lowest BCUT2D eigenvalue weighted by Crippen LogP contribution is -2.42. The van der Waals surface area contributed by atoms with Gasteiger partial charge in [-0.05, 0) is 31.0 Å². The van der Waals surface area contributed by atoms with Crippen LogP contribution in [-0.2, 0) is 9.53 Å². The van der Waals surface area contributed by atoms with Gasteiger partial charge in [0.2, 0.25) is 5.91 Å². The number of hydrogen-bond acceptors (Lipinski definition) is 8. The van der Waals surface area contributed by atoms with Crippen molar-refractivity contribution in [2.24, 2.45) is 5.92 Å². The molecule has 3 amide bonds. The van der Waals surface area contributed by atoms with Gasteiger partial charge in [0, 0.05) is 45.4 Å². The Labute approximate surface area is 184 Å². The fraction of sp³-hybridized carbons (Fsp3) is 0.318. The minimum Gasteiger partial charge on any atom is -0.456 e. The quantitative estimate of drug-likeness (QED) is 0.642. The molecule has 0 atom stereocenters. The summed E-state index contributed by atoms with van der Waals surface area (Å²) in [5.41, 5.74) is 0.595. The molecule has 1 N–H and O–H groups in total. The molecule has 10 nitrogen and oxygen atoms in total. The van der Waals surface area contributed by atoms with Crippen LogP contribution in [-0.4, -0.2) is 52.1 Å². The van der Waals surface area contributed by atoms with E-state index >= 15 is 0 Å². The van der Waals surface area contributed by atoms with Crippen LogP contribution in [0.5, 0.6) is 11.5 Å². The van der Waals surface area contributed by atoms with Gasteiger partial charge >= 0.3 is 6.03 Å². The lowest BCUT2D eigenvalue weighted by atomic mass is 9.99. The lowest BCUT2D eigenvalue weighted by molar-refractivity contribution is -0.134. The zero-order valence-electron chi connectivity index (χ0n) is 17.8. The average molecular weight is 437 g/mol. The molecular formula is C22H23N5O5. The zero-order chi connectivity index (χ0) is 22.5. The number of aromatic nitrogens is 3. The summed E-state index contributed by atoms with van der Waals surface area (Å²) in [7, 11) is 1.46. The first-order valence-electron chi connectivity index (χ1n) is 10.2. The molecular weight excluding hydrogens is 414 g/mol. The van der Waals surface area contributed by atoms with Crippen LogP contribution >= 0.6 is 0 Å². The molecule has 1 aliphatic rings. The maximum atomic E-state index is 12.5. The Morgan fingerprint density at radius 2 is 1.91 bits per heavy atom. The van der Waals surface area contributed by atoms with Crippen LogP contribution in [0, 0.1) is 12.8 Å². The molecule has 0 saturated carbocycles. The second-order valence-electron chi connectivity index (χ2n) is 7.32. The number of oxazole rings is 1. The van der Waals surface area contributed by atoms with Crippen LogP contribution in [0.3, 0.4) is 0 Å². The van der Waals surface area contributed by atoms with Gasteiger partial charge in [-0.2, -0.15) is 0 Å². The summed E-state index contributed by atoms with van der Waals surface area (Å²) in [5.74, 6) is 2.00. The van der Waals surface area contributed by atoms with Gasteiger partial charge in [-0.25, -0.2) is 14.8 Å². The first-order valence-corrected chi connectivity index (χ1v) is 10.2. The number of hydrogen-bond donors (Lipinski definition) is 1. The van der Waals surface area contributed by atoms with Crippen molar-refractivity contribution in [2.75, 3.05) is 25.6 Å². The molecule has 32 heavy (non-hydrogen) atoms. The third-order valence-electron chi connectivity index (χ3n) is 5.02. The summed E-state index contributed by atoms with van der Waals surface area (Å²) in [6.45, 7) is 2.83. The van der Waals surface area contributed by atoms with Gasteiger partial charge in [0.05, 0.1) is 12.4 Å². The van der Waals surface area contributed by atoms with Crippen molar-refractivity contribution in [3.8, 4) is 23.0 Å². The topological polar surface area (TPSA) is 120 Å². The molecule has 3 aromatic heterocycles. The largest absolute Gasteiger partial charge is 0.456 e. The third kappa shape index (κ3) is 5.09. The average Bonchev–Trinajstić information content (AvgIpc) is 3.26. The molecule has 4 heterocycles. The van der Waals surface area contributed by atoms with Crippen LogP contribution in [0.25, 0.3) is 11.5 Å². The minimum atomic E-state index is -0.538. The van der Waals surface area contributed by atoms with E-state index in [1.54, 1.807) is 43.6 Å². The SMILES string of the molecule is Cc1ncc(-c2cc(Oc3ccc(NC(=O)N(C)C(=O)C4CCOCC4)nc3)ccn2)o1. The van der Waals surface area contributed by atoms with Gasteiger partial charge in [0.25, 0.3) is 0 Å². The number of carbonyl (C=O) groups excluding carboxylic acids is 2. The fourth-order valence-corrected chi connectivity index (χ4v) is 3.25. The van der Waals surface area contributed by atoms with Gasteiger partial charge in [-0.1, -0.05) is 0 Å². The highest BCUT2D eigenvalue weighted by molar-refractivity contribution is 6.01. The predicted molar refractivity (Wildman–Crippen MR) is 114 cm³/mol. The predicted octanol–water partition coefficient (Wildman–Crippen LogP) is 3.65. The monoisotopic (exact) mass is 437 g/mol. The smallest absolute Gasteiger partial charge is 0.329 e. The Morgan fingerprint density at radius 3 is 2.59 bits per heavy atom. The summed E-state index contributed by atoms with van der Waals surface area (Å²) < 4.78 is 16.6. The normalized spacial score (nSPS) is 14.1. The minimum absolute atomic E-state index is 0.200. The van der Waals surface area contributed by atoms with Gasteiger partial charge < -0.3 is 13.9 Å². The highest BCUT2D eigenvalue weighted by Crippen LogP contribution is 2.26. The van der Waals surface area contributed by atoms with E-state index in [4.69, 9.17) is 13.9 Å². The number of ether oxygens (including phenoxy) is 2. The number of rotatable bonds is 5. The third-order valence-corrected chi connectivity index (χ3v) is 5.02. The number of carbonyl (C=O) groups is 2. The lowest BCUT2D eigenvalue weighted by Gasteiger charge is -2.25. The maximum Gasteiger partial charge on any atom is 0.329 e. The molecule has 0 spiro atoms. The Bertz CT molecular complexity index is 1090. The van der Waals surface area contributed by atoms with Gasteiger partial charge in [-0.15, -0.1) is 0 Å². The molecule has 1 fully saturated rings. The van der Waals surface area contributed by atoms with Crippen molar-refractivity contribution in [1.29, 1.82) is 0 Å². The zero-order valence-corrected chi connectivity index (χ0v) is 17.8. The summed E-state index contributed by atoms with van der Waals surface area (Å²) >= 11 is 0. The Hall–Kier alpha value is -3.79. The highest BCUT2D eigenvalue weighted by atomic mass is 16.5. The Morgan fingerprint density at radius 1 is 1.09 bits per heavy atom. The number of urea groups is 1. The molecule has 1 saturated heterocycles. The number of pyridine rings is 2. The summed E-state index contributed by atoms with van der Waals surface area (Å²) in [6.07, 6.45) is 5.93. The van der Waals surface area contributed by atoms with Crippen molar-refractivity contribution >= 4 is 17.8 Å². The molecule has 4 rings (SSSR count). The van der Waals surface area contributed by atoms with E-state index in [2.05, 4.69) is 20.3 Å². The number of nitrogens with one attached hydrogen (secondary N) is 1. The second-order valence-corrected chi connectivity index (χ2v) is 7.32. The van der Waals surface area contributed by atoms with E-state index in [9.17, 15) is 9.59 Å². The first-order chi connectivity index (χ1) is 15.5. The molecule has 0 radical (unpaired) electrons. The second kappa shape index (κ2) is 9.56. The van der Waals surface area contributed by atoms with E-state index in [0.717, 1.165) is 4.90 Å². The molecule has 0 aromatic carbocycles. The van der Waals surface area contributed by atoms with Gasteiger partial charge in [0.1, 0.15) is 23.0 Å². The summed E-state index contributed by atoms with van der Waals surface area (Å²) in [5, 5.41) is 2.62. The first kappa shape index (κ1) is 21.4. The van der Waals surface area contributed by atoms with Crippen molar-refractivity contribution in [3.63, 3.8) is 0 Å². The Kier molecular flexibility index (Phi) is 6.41. The van der Waals surface area contributed by atoms with Crippen LogP contribution in [0.4, 0.5) is 10.6 Å². The molecule has 0 bridgehead atoms. The van der Waals surface area contributed by atoms with Crippen LogP contribution in [0.2, 0.25) is 0 Å². The molecule has 0 aliphatic carbocycles. The number of amides is 3. The highest BCUT2D eigenvalue weighted by Gasteiger charge is 2.27. The summed E-state index contributed by atoms with van der Waals surface area (Å²) in [6, 6.07) is 6.17. The van der Waals surface area contributed by atoms with Crippen molar-refractivity contribution in [1.82, 2.24) is 19.9 Å². The van der Waals surface area contributed by atoms with E-state index in [1.165, 1.54) is 13.2 Å². The van der Waals surface area contributed by atoms with E-state index in [-0.39, 0.29) is 11.8 Å². The number of anilines is 1. The van der Waals surface area contributed by atoms with E-state index in [0.29, 0.717) is 60.7 Å². The van der Waals surface area contributed by atoms with Crippen molar-refractivity contribution in [3.05, 3.63) is 48.7 Å². The van der Waals surface area contributed by atoms with E-state index < -0.39 is 6.03 Å². The number of aryl methyl sites for hydroxylation is 1. The molecule has 10 heteroatoms. The number of nitrogens with zero attached hydrogens (tertiary/aromatic N) is 4. The molecule has 166 valence electrons. The molecule has 1 aliphatic heterocycles. The Balaban J connectivity index is 1.36. The van der Waals surface area contributed by atoms with Crippen molar-refractivity contribution < 1.29 is 23.5 Å². The van der Waals surface area contributed by atoms with Crippen molar-refractivity contribution in [2.45, 2.75) is 19.8 Å². The van der Waals surface area contributed by atoms with Crippen LogP contribution < -0.4 is 10.1 Å². The summed E-state index contributed by atoms with van der Waals surface area (Å²) in [4.78, 5) is 38.5. The van der Waals surface area contributed by atoms with Crippen LogP contribution in [0.1, 0.15) is 18.7 Å². The van der Waals surface area contributed by atoms with E-state index in [1.807, 2.05) is 0 Å². The molecule has 0 unspecified atom stereocenters. The number of imide groups is 1. The standard InChI is InChI=1S/C22H23N5O5/c1-14-24-13-19(31-14)18-11-16(5-8-23-18)32-17-3-4-20(25-12-17)26-22(29)27(2)21(28)15-6-9-30-10-7-15/h3-5,8,11-13,15H,6-7,9-10H2,1-2H3,(H,25,26,29).